The molecule has 2 heterocycles. The topological polar surface area (TPSA) is 62.3 Å². The second-order valence-corrected chi connectivity index (χ2v) is 7.19. The third-order valence-electron chi connectivity index (χ3n) is 4.73. The average molecular weight is 327 g/mol. The summed E-state index contributed by atoms with van der Waals surface area (Å²) in [4.78, 5) is 30.6. The molecule has 118 valence electrons. The van der Waals surface area contributed by atoms with E-state index in [2.05, 4.69) is 22.4 Å². The zero-order valence-corrected chi connectivity index (χ0v) is 13.7. The Labute approximate surface area is 138 Å². The van der Waals surface area contributed by atoms with Crippen molar-refractivity contribution in [2.45, 2.75) is 38.3 Å². The second-order valence-electron chi connectivity index (χ2n) is 6.21. The highest BCUT2D eigenvalue weighted by molar-refractivity contribution is 7.09. The van der Waals surface area contributed by atoms with E-state index in [0.717, 1.165) is 29.8 Å². The molecule has 6 heteroatoms. The molecule has 1 aliphatic heterocycles. The third kappa shape index (κ3) is 2.25. The molecule has 1 N–H and O–H groups in total. The van der Waals surface area contributed by atoms with Gasteiger partial charge in [-0.05, 0) is 42.9 Å². The van der Waals surface area contributed by atoms with Crippen molar-refractivity contribution in [1.29, 1.82) is 0 Å². The molecule has 0 radical (unpaired) electrons. The van der Waals surface area contributed by atoms with Gasteiger partial charge >= 0.3 is 6.03 Å². The lowest BCUT2D eigenvalue weighted by atomic mass is 9.90. The summed E-state index contributed by atoms with van der Waals surface area (Å²) in [7, 11) is 0. The third-order valence-corrected chi connectivity index (χ3v) is 5.49. The van der Waals surface area contributed by atoms with Gasteiger partial charge < -0.3 is 5.32 Å². The number of aryl methyl sites for hydroxylation is 2. The van der Waals surface area contributed by atoms with Crippen molar-refractivity contribution in [3.8, 4) is 0 Å². The van der Waals surface area contributed by atoms with Crippen molar-refractivity contribution >= 4 is 23.3 Å². The maximum Gasteiger partial charge on any atom is 0.325 e. The Morgan fingerprint density at radius 2 is 2.13 bits per heavy atom. The lowest BCUT2D eigenvalue weighted by Gasteiger charge is -2.23. The SMILES string of the molecule is CC1(c2ccc3c(c2)CCC3)NC(=O)N(Cc2nccs2)C1=O. The smallest absolute Gasteiger partial charge is 0.319 e. The molecule has 1 fully saturated rings. The first-order chi connectivity index (χ1) is 11.1. The Bertz CT molecular complexity index is 787. The van der Waals surface area contributed by atoms with E-state index < -0.39 is 5.54 Å². The van der Waals surface area contributed by atoms with Gasteiger partial charge in [-0.2, -0.15) is 0 Å². The van der Waals surface area contributed by atoms with Crippen LogP contribution in [-0.2, 0) is 29.7 Å². The number of imide groups is 1. The highest BCUT2D eigenvalue weighted by Gasteiger charge is 2.49. The molecule has 1 aliphatic carbocycles. The number of carbonyl (C=O) groups is 2. The summed E-state index contributed by atoms with van der Waals surface area (Å²) >= 11 is 1.44. The minimum atomic E-state index is -0.994. The van der Waals surface area contributed by atoms with E-state index in [1.807, 2.05) is 11.4 Å². The Morgan fingerprint density at radius 3 is 2.91 bits per heavy atom. The first kappa shape index (κ1) is 14.4. The van der Waals surface area contributed by atoms with Gasteiger partial charge in [-0.15, -0.1) is 11.3 Å². The Hall–Kier alpha value is -2.21. The van der Waals surface area contributed by atoms with Gasteiger partial charge in [0.25, 0.3) is 5.91 Å². The van der Waals surface area contributed by atoms with E-state index in [0.29, 0.717) is 0 Å². The molecule has 1 atom stereocenters. The van der Waals surface area contributed by atoms with E-state index in [9.17, 15) is 9.59 Å². The number of carbonyl (C=O) groups excluding carboxylic acids is 2. The quantitative estimate of drug-likeness (QED) is 0.882. The van der Waals surface area contributed by atoms with Crippen LogP contribution in [0, 0.1) is 0 Å². The van der Waals surface area contributed by atoms with Crippen molar-refractivity contribution in [2.75, 3.05) is 0 Å². The summed E-state index contributed by atoms with van der Waals surface area (Å²) in [6, 6.07) is 5.78. The number of amides is 3. The largest absolute Gasteiger partial charge is 0.325 e. The number of rotatable bonds is 3. The van der Waals surface area contributed by atoms with Gasteiger partial charge in [-0.25, -0.2) is 9.78 Å². The van der Waals surface area contributed by atoms with Crippen LogP contribution in [0.4, 0.5) is 4.79 Å². The highest BCUT2D eigenvalue weighted by atomic mass is 32.1. The van der Waals surface area contributed by atoms with Crippen LogP contribution in [0.2, 0.25) is 0 Å². The molecule has 4 rings (SSSR count). The Kier molecular flexibility index (Phi) is 3.23. The van der Waals surface area contributed by atoms with Crippen LogP contribution in [0.1, 0.15) is 35.0 Å². The molecule has 1 unspecified atom stereocenters. The number of benzene rings is 1. The summed E-state index contributed by atoms with van der Waals surface area (Å²) in [5.41, 5.74) is 2.52. The van der Waals surface area contributed by atoms with E-state index >= 15 is 0 Å². The van der Waals surface area contributed by atoms with E-state index in [1.54, 1.807) is 13.1 Å². The summed E-state index contributed by atoms with van der Waals surface area (Å²) in [5.74, 6) is -0.212. The van der Waals surface area contributed by atoms with Crippen LogP contribution < -0.4 is 5.32 Å². The number of aromatic nitrogens is 1. The molecule has 2 aromatic rings. The lowest BCUT2D eigenvalue weighted by Crippen LogP contribution is -2.40. The molecule has 0 bridgehead atoms. The summed E-state index contributed by atoms with van der Waals surface area (Å²) in [5, 5.41) is 5.46. The monoisotopic (exact) mass is 327 g/mol. The number of urea groups is 1. The maximum atomic E-state index is 12.9. The minimum absolute atomic E-state index is 0.212. The fourth-order valence-corrected chi connectivity index (χ4v) is 3.99. The van der Waals surface area contributed by atoms with Gasteiger partial charge in [0, 0.05) is 11.6 Å². The normalized spacial score (nSPS) is 23.3. The van der Waals surface area contributed by atoms with Gasteiger partial charge in [-0.3, -0.25) is 9.69 Å². The molecule has 23 heavy (non-hydrogen) atoms. The number of nitrogens with zero attached hydrogens (tertiary/aromatic N) is 2. The molecule has 1 saturated heterocycles. The highest BCUT2D eigenvalue weighted by Crippen LogP contribution is 2.33. The molecule has 1 aromatic heterocycles. The zero-order valence-electron chi connectivity index (χ0n) is 12.8. The molecular weight excluding hydrogens is 310 g/mol. The van der Waals surface area contributed by atoms with Gasteiger partial charge in [0.2, 0.25) is 0 Å². The first-order valence-electron chi connectivity index (χ1n) is 7.73. The minimum Gasteiger partial charge on any atom is -0.319 e. The number of hydrogen-bond donors (Lipinski definition) is 1. The van der Waals surface area contributed by atoms with Crippen LogP contribution in [-0.4, -0.2) is 21.8 Å². The summed E-state index contributed by atoms with van der Waals surface area (Å²) < 4.78 is 0. The second kappa shape index (κ2) is 5.16. The van der Waals surface area contributed by atoms with Crippen LogP contribution in [0.5, 0.6) is 0 Å². The number of nitrogens with one attached hydrogen (secondary N) is 1. The van der Waals surface area contributed by atoms with Gasteiger partial charge in [0.1, 0.15) is 10.5 Å². The molecular formula is C17H17N3O2S. The average Bonchev–Trinajstić information content (AvgIpc) is 3.25. The number of fused-ring (bicyclic) bond motifs is 1. The zero-order chi connectivity index (χ0) is 16.0. The molecule has 0 saturated carbocycles. The Balaban J connectivity index is 1.66. The molecule has 2 aliphatic rings. The van der Waals surface area contributed by atoms with Crippen molar-refractivity contribution < 1.29 is 9.59 Å². The first-order valence-corrected chi connectivity index (χ1v) is 8.61. The van der Waals surface area contributed by atoms with Gasteiger partial charge in [0.05, 0.1) is 6.54 Å². The van der Waals surface area contributed by atoms with Gasteiger partial charge in [0.15, 0.2) is 0 Å². The standard InChI is InChI=1S/C17H17N3O2S/c1-17(13-6-5-11-3-2-4-12(11)9-13)15(21)20(16(22)19-17)10-14-18-7-8-23-14/h5-9H,2-4,10H2,1H3,(H,19,22). The van der Waals surface area contributed by atoms with Crippen LogP contribution >= 0.6 is 11.3 Å². The van der Waals surface area contributed by atoms with Crippen LogP contribution in [0.3, 0.4) is 0 Å². The van der Waals surface area contributed by atoms with E-state index in [1.165, 1.54) is 27.4 Å². The number of thiazole rings is 1. The molecule has 0 spiro atoms. The van der Waals surface area contributed by atoms with E-state index in [4.69, 9.17) is 0 Å². The molecule has 1 aromatic carbocycles. The van der Waals surface area contributed by atoms with Crippen LogP contribution in [0.15, 0.2) is 29.8 Å². The predicted molar refractivity (Wildman–Crippen MR) is 87.0 cm³/mol. The van der Waals surface area contributed by atoms with Crippen molar-refractivity contribution in [3.63, 3.8) is 0 Å². The lowest BCUT2D eigenvalue weighted by molar-refractivity contribution is -0.131. The fraction of sp³-hybridized carbons (Fsp3) is 0.353. The van der Waals surface area contributed by atoms with E-state index in [-0.39, 0.29) is 18.5 Å². The maximum absolute atomic E-state index is 12.9. The van der Waals surface area contributed by atoms with Crippen LogP contribution in [0.25, 0.3) is 0 Å². The molecule has 5 nitrogen and oxygen atoms in total. The van der Waals surface area contributed by atoms with Gasteiger partial charge in [-0.1, -0.05) is 18.2 Å². The van der Waals surface area contributed by atoms with Crippen molar-refractivity contribution in [1.82, 2.24) is 15.2 Å². The summed E-state index contributed by atoms with van der Waals surface area (Å²) in [6.45, 7) is 2.01. The summed E-state index contributed by atoms with van der Waals surface area (Å²) in [6.07, 6.45) is 4.98. The number of hydrogen-bond acceptors (Lipinski definition) is 4. The molecule has 3 amide bonds. The fourth-order valence-electron chi connectivity index (χ4n) is 3.39. The predicted octanol–water partition coefficient (Wildman–Crippen LogP) is 2.60. The Morgan fingerprint density at radius 1 is 1.30 bits per heavy atom. The van der Waals surface area contributed by atoms with Crippen molar-refractivity contribution in [2.24, 2.45) is 0 Å². The van der Waals surface area contributed by atoms with Crippen molar-refractivity contribution in [3.05, 3.63) is 51.5 Å².